The Hall–Kier alpha value is -2.75. The van der Waals surface area contributed by atoms with Gasteiger partial charge in [-0.05, 0) is 62.2 Å². The number of amides is 1. The topological polar surface area (TPSA) is 47.6 Å². The highest BCUT2D eigenvalue weighted by Gasteiger charge is 2.12. The molecule has 0 saturated carbocycles. The van der Waals surface area contributed by atoms with E-state index in [1.54, 1.807) is 24.3 Å². The molecule has 0 aliphatic rings. The highest BCUT2D eigenvalue weighted by atomic mass is 16.5. The Morgan fingerprint density at radius 1 is 1.08 bits per heavy atom. The minimum atomic E-state index is -0.186. The standard InChI is InChI=1S/C20H23NO3/c1-5-11-24-18-10-8-16(13-19(18)23-6-2)20(22)21-17-9-7-14(3)15(4)12-17/h5,7-10,12-13H,1,6,11H2,2-4H3,(H,21,22). The Morgan fingerprint density at radius 3 is 2.54 bits per heavy atom. The van der Waals surface area contributed by atoms with Gasteiger partial charge in [0.05, 0.1) is 6.61 Å². The lowest BCUT2D eigenvalue weighted by Gasteiger charge is -2.13. The molecule has 24 heavy (non-hydrogen) atoms. The van der Waals surface area contributed by atoms with Gasteiger partial charge in [0.2, 0.25) is 0 Å². The van der Waals surface area contributed by atoms with Crippen molar-refractivity contribution in [3.8, 4) is 11.5 Å². The number of hydrogen-bond donors (Lipinski definition) is 1. The lowest BCUT2D eigenvalue weighted by molar-refractivity contribution is 0.102. The molecule has 0 atom stereocenters. The zero-order chi connectivity index (χ0) is 17.5. The Labute approximate surface area is 143 Å². The maximum Gasteiger partial charge on any atom is 0.255 e. The molecule has 0 unspecified atom stereocenters. The number of anilines is 1. The predicted molar refractivity (Wildman–Crippen MR) is 97.2 cm³/mol. The molecular formula is C20H23NO3. The van der Waals surface area contributed by atoms with Crippen LogP contribution in [0.1, 0.15) is 28.4 Å². The molecule has 4 heteroatoms. The van der Waals surface area contributed by atoms with Gasteiger partial charge in [-0.3, -0.25) is 4.79 Å². The average Bonchev–Trinajstić information content (AvgIpc) is 2.57. The molecule has 1 N–H and O–H groups in total. The molecule has 0 heterocycles. The summed E-state index contributed by atoms with van der Waals surface area (Å²) in [7, 11) is 0. The van der Waals surface area contributed by atoms with E-state index in [0.717, 1.165) is 11.3 Å². The number of nitrogens with one attached hydrogen (secondary N) is 1. The number of aryl methyl sites for hydroxylation is 2. The second-order valence-electron chi connectivity index (χ2n) is 5.45. The first-order valence-electron chi connectivity index (χ1n) is 7.94. The summed E-state index contributed by atoms with van der Waals surface area (Å²) in [6, 6.07) is 11.0. The van der Waals surface area contributed by atoms with Crippen LogP contribution >= 0.6 is 0 Å². The Morgan fingerprint density at radius 2 is 1.88 bits per heavy atom. The molecule has 0 aromatic heterocycles. The van der Waals surface area contributed by atoms with E-state index in [-0.39, 0.29) is 5.91 Å². The lowest BCUT2D eigenvalue weighted by atomic mass is 10.1. The number of benzene rings is 2. The molecule has 0 saturated heterocycles. The third kappa shape index (κ3) is 4.38. The molecular weight excluding hydrogens is 302 g/mol. The average molecular weight is 325 g/mol. The van der Waals surface area contributed by atoms with Gasteiger partial charge in [-0.2, -0.15) is 0 Å². The first kappa shape index (κ1) is 17.6. The Balaban J connectivity index is 2.20. The van der Waals surface area contributed by atoms with E-state index in [9.17, 15) is 4.79 Å². The summed E-state index contributed by atoms with van der Waals surface area (Å²) in [5.41, 5.74) is 3.61. The van der Waals surface area contributed by atoms with Crippen LogP contribution in [-0.2, 0) is 0 Å². The summed E-state index contributed by atoms with van der Waals surface area (Å²) < 4.78 is 11.1. The van der Waals surface area contributed by atoms with Gasteiger partial charge in [-0.25, -0.2) is 0 Å². The molecule has 2 aromatic rings. The molecule has 0 aliphatic carbocycles. The van der Waals surface area contributed by atoms with E-state index < -0.39 is 0 Å². The molecule has 0 spiro atoms. The molecule has 0 fully saturated rings. The predicted octanol–water partition coefficient (Wildman–Crippen LogP) is 4.52. The smallest absolute Gasteiger partial charge is 0.255 e. The van der Waals surface area contributed by atoms with Crippen LogP contribution in [-0.4, -0.2) is 19.1 Å². The highest BCUT2D eigenvalue weighted by molar-refractivity contribution is 6.04. The van der Waals surface area contributed by atoms with Crippen molar-refractivity contribution in [2.45, 2.75) is 20.8 Å². The number of rotatable bonds is 7. The van der Waals surface area contributed by atoms with Crippen molar-refractivity contribution in [3.05, 3.63) is 65.7 Å². The third-order valence-electron chi connectivity index (χ3n) is 3.63. The maximum atomic E-state index is 12.5. The van der Waals surface area contributed by atoms with Crippen LogP contribution < -0.4 is 14.8 Å². The fraction of sp³-hybridized carbons (Fsp3) is 0.250. The fourth-order valence-corrected chi connectivity index (χ4v) is 2.21. The quantitative estimate of drug-likeness (QED) is 0.761. The number of carbonyl (C=O) groups excluding carboxylic acids is 1. The summed E-state index contributed by atoms with van der Waals surface area (Å²) in [5.74, 6) is 0.959. The van der Waals surface area contributed by atoms with E-state index in [2.05, 4.69) is 11.9 Å². The SMILES string of the molecule is C=CCOc1ccc(C(=O)Nc2ccc(C)c(C)c2)cc1OCC. The van der Waals surface area contributed by atoms with E-state index in [1.165, 1.54) is 5.56 Å². The van der Waals surface area contributed by atoms with E-state index in [0.29, 0.717) is 30.3 Å². The van der Waals surface area contributed by atoms with Gasteiger partial charge in [-0.1, -0.05) is 18.7 Å². The number of hydrogen-bond acceptors (Lipinski definition) is 3. The summed E-state index contributed by atoms with van der Waals surface area (Å²) >= 11 is 0. The number of carbonyl (C=O) groups is 1. The normalized spacial score (nSPS) is 10.1. The zero-order valence-corrected chi connectivity index (χ0v) is 14.4. The van der Waals surface area contributed by atoms with Crippen molar-refractivity contribution in [1.29, 1.82) is 0 Å². The van der Waals surface area contributed by atoms with Crippen LogP contribution in [0.3, 0.4) is 0 Å². The minimum Gasteiger partial charge on any atom is -0.490 e. The molecule has 4 nitrogen and oxygen atoms in total. The first-order chi connectivity index (χ1) is 11.5. The van der Waals surface area contributed by atoms with Gasteiger partial charge >= 0.3 is 0 Å². The van der Waals surface area contributed by atoms with Crippen LogP contribution in [0.5, 0.6) is 11.5 Å². The van der Waals surface area contributed by atoms with Crippen molar-refractivity contribution >= 4 is 11.6 Å². The molecule has 126 valence electrons. The van der Waals surface area contributed by atoms with Crippen molar-refractivity contribution in [2.24, 2.45) is 0 Å². The second-order valence-corrected chi connectivity index (χ2v) is 5.45. The summed E-state index contributed by atoms with van der Waals surface area (Å²) in [6.07, 6.45) is 1.66. The van der Waals surface area contributed by atoms with Gasteiger partial charge in [0, 0.05) is 11.3 Å². The van der Waals surface area contributed by atoms with Crippen molar-refractivity contribution in [1.82, 2.24) is 0 Å². The molecule has 0 aliphatic heterocycles. The van der Waals surface area contributed by atoms with E-state index in [4.69, 9.17) is 9.47 Å². The van der Waals surface area contributed by atoms with Gasteiger partial charge < -0.3 is 14.8 Å². The van der Waals surface area contributed by atoms with Crippen molar-refractivity contribution < 1.29 is 14.3 Å². The molecule has 1 amide bonds. The van der Waals surface area contributed by atoms with E-state index >= 15 is 0 Å². The van der Waals surface area contributed by atoms with Crippen molar-refractivity contribution in [2.75, 3.05) is 18.5 Å². The van der Waals surface area contributed by atoms with Gasteiger partial charge in [-0.15, -0.1) is 0 Å². The molecule has 0 radical (unpaired) electrons. The Kier molecular flexibility index (Phi) is 6.01. The van der Waals surface area contributed by atoms with Crippen LogP contribution in [0.25, 0.3) is 0 Å². The molecule has 0 bridgehead atoms. The van der Waals surface area contributed by atoms with Crippen LogP contribution in [0.15, 0.2) is 49.1 Å². The van der Waals surface area contributed by atoms with Gasteiger partial charge in [0.1, 0.15) is 6.61 Å². The van der Waals surface area contributed by atoms with E-state index in [1.807, 2.05) is 39.0 Å². The molecule has 2 rings (SSSR count). The first-order valence-corrected chi connectivity index (χ1v) is 7.94. The largest absolute Gasteiger partial charge is 0.490 e. The summed E-state index contributed by atoms with van der Waals surface area (Å²) in [6.45, 7) is 10.4. The monoisotopic (exact) mass is 325 g/mol. The van der Waals surface area contributed by atoms with Crippen LogP contribution in [0, 0.1) is 13.8 Å². The number of ether oxygens (including phenoxy) is 2. The molecule has 2 aromatic carbocycles. The fourth-order valence-electron chi connectivity index (χ4n) is 2.21. The zero-order valence-electron chi connectivity index (χ0n) is 14.4. The lowest BCUT2D eigenvalue weighted by Crippen LogP contribution is -2.12. The summed E-state index contributed by atoms with van der Waals surface area (Å²) in [5, 5.41) is 2.91. The second kappa shape index (κ2) is 8.20. The highest BCUT2D eigenvalue weighted by Crippen LogP contribution is 2.29. The van der Waals surface area contributed by atoms with Crippen LogP contribution in [0.4, 0.5) is 5.69 Å². The Bertz CT molecular complexity index is 738. The van der Waals surface area contributed by atoms with Gasteiger partial charge in [0.15, 0.2) is 11.5 Å². The third-order valence-corrected chi connectivity index (χ3v) is 3.63. The maximum absolute atomic E-state index is 12.5. The van der Waals surface area contributed by atoms with Gasteiger partial charge in [0.25, 0.3) is 5.91 Å². The van der Waals surface area contributed by atoms with Crippen molar-refractivity contribution in [3.63, 3.8) is 0 Å². The van der Waals surface area contributed by atoms with Crippen LogP contribution in [0.2, 0.25) is 0 Å². The summed E-state index contributed by atoms with van der Waals surface area (Å²) in [4.78, 5) is 12.5. The minimum absolute atomic E-state index is 0.186.